The first kappa shape index (κ1) is 18.2. The summed E-state index contributed by atoms with van der Waals surface area (Å²) in [6.45, 7) is 0. The minimum Gasteiger partial charge on any atom is -0.493 e. The van der Waals surface area contributed by atoms with Crippen molar-refractivity contribution in [2.24, 2.45) is 17.8 Å². The van der Waals surface area contributed by atoms with Gasteiger partial charge in [-0.2, -0.15) is 5.26 Å². The molecule has 0 radical (unpaired) electrons. The Hall–Kier alpha value is -2.22. The second-order valence-electron chi connectivity index (χ2n) is 8.35. The summed E-state index contributed by atoms with van der Waals surface area (Å²) in [5, 5.41) is 10.1. The summed E-state index contributed by atoms with van der Waals surface area (Å²) in [6, 6.07) is 8.56. The standard InChI is InChI=1S/C22H27NO4/c1-25-19-7-6-17(10-20(19)27-18-4-3-5-18)22(13-23)11-15-8-14(21(24)26-2)9-16(15)12-22/h6-7,10,14-16,18H,3-5,8-9,11-12H2,1-2H3/t14?,15-,16+,22?. The SMILES string of the molecule is COC(=O)C1C[C@@H]2CC(C#N)(c3ccc(OC)c(OC4CCC4)c3)C[C@@H]2C1. The summed E-state index contributed by atoms with van der Waals surface area (Å²) in [7, 11) is 3.10. The van der Waals surface area contributed by atoms with Crippen molar-refractivity contribution in [2.45, 2.75) is 56.5 Å². The fraction of sp³-hybridized carbons (Fsp3) is 0.636. The van der Waals surface area contributed by atoms with Gasteiger partial charge in [0.2, 0.25) is 0 Å². The number of fused-ring (bicyclic) bond motifs is 1. The Morgan fingerprint density at radius 3 is 2.37 bits per heavy atom. The molecule has 0 aromatic heterocycles. The predicted molar refractivity (Wildman–Crippen MR) is 99.5 cm³/mol. The molecule has 4 atom stereocenters. The van der Waals surface area contributed by atoms with Gasteiger partial charge in [-0.3, -0.25) is 4.79 Å². The van der Waals surface area contributed by atoms with Crippen LogP contribution in [0.2, 0.25) is 0 Å². The molecule has 3 aliphatic carbocycles. The average molecular weight is 369 g/mol. The van der Waals surface area contributed by atoms with Gasteiger partial charge < -0.3 is 14.2 Å². The zero-order valence-electron chi connectivity index (χ0n) is 16.1. The van der Waals surface area contributed by atoms with E-state index in [9.17, 15) is 10.1 Å². The van der Waals surface area contributed by atoms with Crippen LogP contribution in [-0.2, 0) is 14.9 Å². The van der Waals surface area contributed by atoms with Crippen molar-refractivity contribution in [3.05, 3.63) is 23.8 Å². The number of benzene rings is 1. The second-order valence-corrected chi connectivity index (χ2v) is 8.35. The van der Waals surface area contributed by atoms with Gasteiger partial charge in [-0.15, -0.1) is 0 Å². The Morgan fingerprint density at radius 1 is 1.15 bits per heavy atom. The third-order valence-electron chi connectivity index (χ3n) is 6.87. The molecule has 0 N–H and O–H groups in total. The summed E-state index contributed by atoms with van der Waals surface area (Å²) in [4.78, 5) is 11.9. The number of rotatable bonds is 5. The van der Waals surface area contributed by atoms with E-state index >= 15 is 0 Å². The van der Waals surface area contributed by atoms with E-state index in [1.807, 2.05) is 18.2 Å². The van der Waals surface area contributed by atoms with Crippen LogP contribution in [-0.4, -0.2) is 26.3 Å². The van der Waals surface area contributed by atoms with E-state index in [0.29, 0.717) is 11.8 Å². The number of nitrogens with zero attached hydrogens (tertiary/aromatic N) is 1. The molecule has 0 amide bonds. The topological polar surface area (TPSA) is 68.6 Å². The van der Waals surface area contributed by atoms with E-state index in [2.05, 4.69) is 6.07 Å². The van der Waals surface area contributed by atoms with Crippen LogP contribution in [0.4, 0.5) is 0 Å². The summed E-state index contributed by atoms with van der Waals surface area (Å²) in [5.41, 5.74) is 0.518. The molecule has 1 aromatic carbocycles. The lowest BCUT2D eigenvalue weighted by Crippen LogP contribution is -2.26. The number of carbonyl (C=O) groups is 1. The van der Waals surface area contributed by atoms with Crippen molar-refractivity contribution >= 4 is 5.97 Å². The molecule has 1 aromatic rings. The molecule has 0 saturated heterocycles. The Morgan fingerprint density at radius 2 is 1.85 bits per heavy atom. The lowest BCUT2D eigenvalue weighted by atomic mass is 9.77. The van der Waals surface area contributed by atoms with E-state index in [4.69, 9.17) is 14.2 Å². The Kier molecular flexibility index (Phi) is 4.75. The van der Waals surface area contributed by atoms with Gasteiger partial charge in [-0.05, 0) is 74.5 Å². The van der Waals surface area contributed by atoms with Crippen LogP contribution in [0.1, 0.15) is 50.5 Å². The van der Waals surface area contributed by atoms with Crippen LogP contribution in [0.25, 0.3) is 0 Å². The Balaban J connectivity index is 1.56. The van der Waals surface area contributed by atoms with Gasteiger partial charge in [0.05, 0.1) is 37.7 Å². The summed E-state index contributed by atoms with van der Waals surface area (Å²) in [6.07, 6.45) is 6.90. The molecule has 5 heteroatoms. The van der Waals surface area contributed by atoms with Crippen LogP contribution < -0.4 is 9.47 Å². The molecule has 144 valence electrons. The smallest absolute Gasteiger partial charge is 0.308 e. The Labute approximate surface area is 160 Å². The highest BCUT2D eigenvalue weighted by atomic mass is 16.5. The second kappa shape index (κ2) is 7.07. The molecule has 0 aliphatic heterocycles. The summed E-state index contributed by atoms with van der Waals surface area (Å²) < 4.78 is 16.5. The number of carbonyl (C=O) groups excluding carboxylic acids is 1. The summed E-state index contributed by atoms with van der Waals surface area (Å²) in [5.74, 6) is 2.18. The maximum Gasteiger partial charge on any atom is 0.308 e. The molecular weight excluding hydrogens is 342 g/mol. The van der Waals surface area contributed by atoms with E-state index < -0.39 is 5.41 Å². The molecule has 3 aliphatic rings. The van der Waals surface area contributed by atoms with Gasteiger partial charge in [0, 0.05) is 0 Å². The highest BCUT2D eigenvalue weighted by Crippen LogP contribution is 2.56. The van der Waals surface area contributed by atoms with E-state index in [1.54, 1.807) is 7.11 Å². The van der Waals surface area contributed by atoms with Crippen LogP contribution >= 0.6 is 0 Å². The molecule has 0 bridgehead atoms. The number of methoxy groups -OCH3 is 2. The van der Waals surface area contributed by atoms with Crippen molar-refractivity contribution in [1.29, 1.82) is 5.26 Å². The first-order valence-corrected chi connectivity index (χ1v) is 9.93. The van der Waals surface area contributed by atoms with Crippen molar-refractivity contribution in [3.63, 3.8) is 0 Å². The van der Waals surface area contributed by atoms with E-state index in [-0.39, 0.29) is 18.0 Å². The molecule has 2 unspecified atom stereocenters. The minimum atomic E-state index is -0.500. The third kappa shape index (κ3) is 3.16. The molecule has 4 rings (SSSR count). The molecule has 0 spiro atoms. The number of ether oxygens (including phenoxy) is 3. The molecule has 27 heavy (non-hydrogen) atoms. The van der Waals surface area contributed by atoms with E-state index in [0.717, 1.165) is 55.6 Å². The minimum absolute atomic E-state index is 0.00456. The first-order chi connectivity index (χ1) is 13.1. The fourth-order valence-corrected chi connectivity index (χ4v) is 5.18. The summed E-state index contributed by atoms with van der Waals surface area (Å²) >= 11 is 0. The molecule has 3 saturated carbocycles. The van der Waals surface area contributed by atoms with Crippen LogP contribution in [0.15, 0.2) is 18.2 Å². The van der Waals surface area contributed by atoms with Crippen LogP contribution in [0.3, 0.4) is 0 Å². The molecular formula is C22H27NO4. The van der Waals surface area contributed by atoms with Gasteiger partial charge in [-0.1, -0.05) is 6.07 Å². The van der Waals surface area contributed by atoms with Crippen LogP contribution in [0.5, 0.6) is 11.5 Å². The van der Waals surface area contributed by atoms with Crippen LogP contribution in [0, 0.1) is 29.1 Å². The lowest BCUT2D eigenvalue weighted by Gasteiger charge is -2.29. The third-order valence-corrected chi connectivity index (χ3v) is 6.87. The van der Waals surface area contributed by atoms with Gasteiger partial charge in [0.25, 0.3) is 0 Å². The van der Waals surface area contributed by atoms with Crippen molar-refractivity contribution in [1.82, 2.24) is 0 Å². The largest absolute Gasteiger partial charge is 0.493 e. The van der Waals surface area contributed by atoms with Gasteiger partial charge in [-0.25, -0.2) is 0 Å². The highest BCUT2D eigenvalue weighted by molar-refractivity contribution is 5.72. The highest BCUT2D eigenvalue weighted by Gasteiger charge is 2.52. The van der Waals surface area contributed by atoms with E-state index in [1.165, 1.54) is 13.5 Å². The predicted octanol–water partition coefficient (Wildman–Crippen LogP) is 4.00. The quantitative estimate of drug-likeness (QED) is 0.734. The number of hydrogen-bond donors (Lipinski definition) is 0. The zero-order valence-corrected chi connectivity index (χ0v) is 16.1. The average Bonchev–Trinajstić information content (AvgIpc) is 3.20. The van der Waals surface area contributed by atoms with Gasteiger partial charge >= 0.3 is 5.97 Å². The maximum absolute atomic E-state index is 11.9. The zero-order chi connectivity index (χ0) is 19.0. The molecule has 3 fully saturated rings. The van der Waals surface area contributed by atoms with Gasteiger partial charge in [0.1, 0.15) is 0 Å². The normalized spacial score (nSPS) is 32.3. The molecule has 0 heterocycles. The molecule has 5 nitrogen and oxygen atoms in total. The fourth-order valence-electron chi connectivity index (χ4n) is 5.18. The first-order valence-electron chi connectivity index (χ1n) is 9.93. The van der Waals surface area contributed by atoms with Crippen molar-refractivity contribution in [2.75, 3.05) is 14.2 Å². The lowest BCUT2D eigenvalue weighted by molar-refractivity contribution is -0.145. The maximum atomic E-state index is 11.9. The monoisotopic (exact) mass is 369 g/mol. The van der Waals surface area contributed by atoms with Crippen molar-refractivity contribution in [3.8, 4) is 17.6 Å². The Bertz CT molecular complexity index is 750. The number of hydrogen-bond acceptors (Lipinski definition) is 5. The number of nitriles is 1. The van der Waals surface area contributed by atoms with Gasteiger partial charge in [0.15, 0.2) is 11.5 Å². The number of esters is 1. The van der Waals surface area contributed by atoms with Crippen molar-refractivity contribution < 1.29 is 19.0 Å².